The normalized spacial score (nSPS) is 12.0. The fourth-order valence-corrected chi connectivity index (χ4v) is 3.56. The summed E-state index contributed by atoms with van der Waals surface area (Å²) < 4.78 is 35.2. The molecule has 156 valence electrons. The van der Waals surface area contributed by atoms with Gasteiger partial charge in [-0.15, -0.1) is 0 Å². The molecule has 0 saturated heterocycles. The van der Waals surface area contributed by atoms with Crippen molar-refractivity contribution in [2.75, 3.05) is 30.6 Å². The van der Waals surface area contributed by atoms with Crippen LogP contribution in [-0.4, -0.2) is 45.5 Å². The zero-order chi connectivity index (χ0) is 21.6. The molecule has 29 heavy (non-hydrogen) atoms. The molecule has 0 aromatic heterocycles. The van der Waals surface area contributed by atoms with Gasteiger partial charge in [-0.25, -0.2) is 8.42 Å². The van der Waals surface area contributed by atoms with Gasteiger partial charge < -0.3 is 20.1 Å². The minimum Gasteiger partial charge on any atom is -0.493 e. The molecular formula is C19H21ClN2O6S. The molecule has 10 heteroatoms. The van der Waals surface area contributed by atoms with Crippen LogP contribution in [0.3, 0.4) is 0 Å². The van der Waals surface area contributed by atoms with Gasteiger partial charge in [-0.3, -0.25) is 9.59 Å². The van der Waals surface area contributed by atoms with Crippen molar-refractivity contribution in [3.05, 3.63) is 47.5 Å². The summed E-state index contributed by atoms with van der Waals surface area (Å²) in [6.45, 7) is 1.22. The molecule has 8 nitrogen and oxygen atoms in total. The van der Waals surface area contributed by atoms with Gasteiger partial charge in [0.15, 0.2) is 21.3 Å². The summed E-state index contributed by atoms with van der Waals surface area (Å²) in [5, 5.41) is 4.00. The average Bonchev–Trinajstić information content (AvgIpc) is 2.68. The van der Waals surface area contributed by atoms with Crippen molar-refractivity contribution in [1.82, 2.24) is 0 Å². The predicted octanol–water partition coefficient (Wildman–Crippen LogP) is 2.74. The summed E-state index contributed by atoms with van der Waals surface area (Å²) in [4.78, 5) is 24.4. The summed E-state index contributed by atoms with van der Waals surface area (Å²) in [6, 6.07) is 10.8. The topological polar surface area (TPSA) is 111 Å². The molecule has 0 aliphatic rings. The Balaban J connectivity index is 2.03. The Morgan fingerprint density at radius 2 is 1.55 bits per heavy atom. The van der Waals surface area contributed by atoms with Crippen molar-refractivity contribution in [2.24, 2.45) is 0 Å². The van der Waals surface area contributed by atoms with E-state index in [0.29, 0.717) is 27.9 Å². The van der Waals surface area contributed by atoms with Gasteiger partial charge in [0.25, 0.3) is 0 Å². The minimum atomic E-state index is -4.04. The predicted molar refractivity (Wildman–Crippen MR) is 112 cm³/mol. The number of sulfone groups is 1. The number of nitrogens with one attached hydrogen (secondary N) is 2. The van der Waals surface area contributed by atoms with Gasteiger partial charge in [-0.05, 0) is 43.3 Å². The third-order valence-electron chi connectivity index (χ3n) is 4.02. The standard InChI is InChI=1S/C19H21ClN2O6S/c1-12(19(24)22-15-8-9-16(27-2)17(10-15)28-3)29(25,26)11-18(23)21-14-6-4-13(20)5-7-14/h4-10,12H,11H2,1-3H3,(H,21,23)(H,22,24). The Labute approximate surface area is 174 Å². The van der Waals surface area contributed by atoms with Crippen LogP contribution in [0, 0.1) is 0 Å². The molecule has 0 aliphatic carbocycles. The van der Waals surface area contributed by atoms with E-state index in [9.17, 15) is 18.0 Å². The third kappa shape index (κ3) is 6.10. The molecule has 1 unspecified atom stereocenters. The highest BCUT2D eigenvalue weighted by Crippen LogP contribution is 2.29. The molecule has 0 saturated carbocycles. The lowest BCUT2D eigenvalue weighted by molar-refractivity contribution is -0.115. The monoisotopic (exact) mass is 440 g/mol. The average molecular weight is 441 g/mol. The lowest BCUT2D eigenvalue weighted by atomic mass is 10.2. The van der Waals surface area contributed by atoms with Gasteiger partial charge in [0.05, 0.1) is 14.2 Å². The van der Waals surface area contributed by atoms with Crippen molar-refractivity contribution in [3.63, 3.8) is 0 Å². The van der Waals surface area contributed by atoms with Gasteiger partial charge in [-0.2, -0.15) is 0 Å². The van der Waals surface area contributed by atoms with Crippen molar-refractivity contribution in [1.29, 1.82) is 0 Å². The van der Waals surface area contributed by atoms with Crippen LogP contribution in [0.4, 0.5) is 11.4 Å². The molecule has 0 fully saturated rings. The Kier molecular flexibility index (Phi) is 7.46. The zero-order valence-corrected chi connectivity index (χ0v) is 17.6. The first-order valence-electron chi connectivity index (χ1n) is 8.46. The summed E-state index contributed by atoms with van der Waals surface area (Å²) >= 11 is 5.77. The van der Waals surface area contributed by atoms with Crippen LogP contribution >= 0.6 is 11.6 Å². The first kappa shape index (κ1) is 22.5. The van der Waals surface area contributed by atoms with E-state index in [2.05, 4.69) is 10.6 Å². The molecule has 1 atom stereocenters. The maximum absolute atomic E-state index is 12.5. The molecule has 2 rings (SSSR count). The molecule has 2 N–H and O–H groups in total. The van der Waals surface area contributed by atoms with E-state index >= 15 is 0 Å². The summed E-state index contributed by atoms with van der Waals surface area (Å²) in [5.74, 6) is -1.52. The number of hydrogen-bond donors (Lipinski definition) is 2. The van der Waals surface area contributed by atoms with E-state index in [1.165, 1.54) is 27.2 Å². The molecule has 0 radical (unpaired) electrons. The number of carbonyl (C=O) groups is 2. The van der Waals surface area contributed by atoms with E-state index in [0.717, 1.165) is 0 Å². The van der Waals surface area contributed by atoms with Crippen molar-refractivity contribution >= 4 is 44.6 Å². The largest absolute Gasteiger partial charge is 0.493 e. The second-order valence-electron chi connectivity index (χ2n) is 6.06. The second-order valence-corrected chi connectivity index (χ2v) is 8.82. The number of benzene rings is 2. The van der Waals surface area contributed by atoms with Crippen LogP contribution < -0.4 is 20.1 Å². The molecule has 0 heterocycles. The number of carbonyl (C=O) groups excluding carboxylic acids is 2. The molecule has 2 amide bonds. The highest BCUT2D eigenvalue weighted by atomic mass is 35.5. The lowest BCUT2D eigenvalue weighted by Crippen LogP contribution is -2.37. The van der Waals surface area contributed by atoms with Gasteiger partial charge in [0.1, 0.15) is 11.0 Å². The van der Waals surface area contributed by atoms with Crippen molar-refractivity contribution < 1.29 is 27.5 Å². The van der Waals surface area contributed by atoms with E-state index < -0.39 is 32.7 Å². The maximum Gasteiger partial charge on any atom is 0.242 e. The lowest BCUT2D eigenvalue weighted by Gasteiger charge is -2.15. The van der Waals surface area contributed by atoms with E-state index in [1.807, 2.05) is 0 Å². The van der Waals surface area contributed by atoms with E-state index in [1.54, 1.807) is 36.4 Å². The van der Waals surface area contributed by atoms with Crippen LogP contribution in [-0.2, 0) is 19.4 Å². The number of halogens is 1. The Hall–Kier alpha value is -2.78. The SMILES string of the molecule is COc1ccc(NC(=O)C(C)S(=O)(=O)CC(=O)Nc2ccc(Cl)cc2)cc1OC. The molecule has 0 spiro atoms. The molecule has 0 aliphatic heterocycles. The Bertz CT molecular complexity index is 992. The van der Waals surface area contributed by atoms with Gasteiger partial charge in [-0.1, -0.05) is 11.6 Å². The third-order valence-corrected chi connectivity index (χ3v) is 6.23. The molecule has 2 aromatic rings. The van der Waals surface area contributed by atoms with Crippen LogP contribution in [0.2, 0.25) is 5.02 Å². The van der Waals surface area contributed by atoms with Gasteiger partial charge in [0, 0.05) is 22.5 Å². The van der Waals surface area contributed by atoms with Crippen LogP contribution in [0.25, 0.3) is 0 Å². The number of rotatable bonds is 8. The fourth-order valence-electron chi connectivity index (χ4n) is 2.36. The smallest absolute Gasteiger partial charge is 0.242 e. The van der Waals surface area contributed by atoms with E-state index in [-0.39, 0.29) is 0 Å². The van der Waals surface area contributed by atoms with Crippen LogP contribution in [0.15, 0.2) is 42.5 Å². The number of methoxy groups -OCH3 is 2. The Morgan fingerprint density at radius 3 is 2.14 bits per heavy atom. The first-order chi connectivity index (χ1) is 13.7. The van der Waals surface area contributed by atoms with Gasteiger partial charge in [0.2, 0.25) is 11.8 Å². The number of amides is 2. The number of hydrogen-bond acceptors (Lipinski definition) is 6. The first-order valence-corrected chi connectivity index (χ1v) is 10.6. The maximum atomic E-state index is 12.5. The fraction of sp³-hybridized carbons (Fsp3) is 0.263. The zero-order valence-electron chi connectivity index (χ0n) is 16.1. The highest BCUT2D eigenvalue weighted by molar-refractivity contribution is 7.93. The number of ether oxygens (including phenoxy) is 2. The summed E-state index contributed by atoms with van der Waals surface area (Å²) in [5.41, 5.74) is 0.734. The molecule has 0 bridgehead atoms. The second kappa shape index (κ2) is 9.62. The Morgan fingerprint density at radius 1 is 0.966 bits per heavy atom. The summed E-state index contributed by atoms with van der Waals surface area (Å²) in [6.07, 6.45) is 0. The van der Waals surface area contributed by atoms with Gasteiger partial charge >= 0.3 is 0 Å². The van der Waals surface area contributed by atoms with Crippen molar-refractivity contribution in [2.45, 2.75) is 12.2 Å². The van der Waals surface area contributed by atoms with Crippen LogP contribution in [0.5, 0.6) is 11.5 Å². The minimum absolute atomic E-state index is 0.334. The highest BCUT2D eigenvalue weighted by Gasteiger charge is 2.30. The van der Waals surface area contributed by atoms with Crippen molar-refractivity contribution in [3.8, 4) is 11.5 Å². The quantitative estimate of drug-likeness (QED) is 0.653. The summed E-state index contributed by atoms with van der Waals surface area (Å²) in [7, 11) is -1.13. The van der Waals surface area contributed by atoms with Crippen LogP contribution in [0.1, 0.15) is 6.92 Å². The molecular weight excluding hydrogens is 420 g/mol. The van der Waals surface area contributed by atoms with E-state index in [4.69, 9.17) is 21.1 Å². The number of anilines is 2. The molecule has 2 aromatic carbocycles.